The number of nitrogens with zero attached hydrogens (tertiary/aromatic N) is 2. The molecular formula is C17H23N3O2. The highest BCUT2D eigenvalue weighted by molar-refractivity contribution is 6.39. The zero-order valence-corrected chi connectivity index (χ0v) is 13.4. The summed E-state index contributed by atoms with van der Waals surface area (Å²) in [6.45, 7) is 4.26. The maximum Gasteiger partial charge on any atom is 0.267 e. The summed E-state index contributed by atoms with van der Waals surface area (Å²) in [7, 11) is 1.58. The molecule has 0 saturated carbocycles. The lowest BCUT2D eigenvalue weighted by atomic mass is 9.96. The molecule has 0 fully saturated rings. The summed E-state index contributed by atoms with van der Waals surface area (Å²) in [5.74, 6) is 0.218. The van der Waals surface area contributed by atoms with Crippen LogP contribution in [0.5, 0.6) is 0 Å². The summed E-state index contributed by atoms with van der Waals surface area (Å²) in [5.41, 5.74) is 1.51. The van der Waals surface area contributed by atoms with E-state index in [1.807, 2.05) is 30.3 Å². The smallest absolute Gasteiger partial charge is 0.267 e. The van der Waals surface area contributed by atoms with E-state index in [0.717, 1.165) is 12.0 Å². The number of nitrogens with one attached hydrogen (secondary N) is 1. The summed E-state index contributed by atoms with van der Waals surface area (Å²) >= 11 is 0. The summed E-state index contributed by atoms with van der Waals surface area (Å²) < 4.78 is 0. The highest BCUT2D eigenvalue weighted by Crippen LogP contribution is 2.21. The molecule has 2 amide bonds. The third-order valence-corrected chi connectivity index (χ3v) is 3.68. The number of benzene rings is 1. The van der Waals surface area contributed by atoms with Crippen LogP contribution in [-0.4, -0.2) is 29.6 Å². The average Bonchev–Trinajstić information content (AvgIpc) is 2.49. The number of hydrogen-bond donors (Lipinski definition) is 1. The Morgan fingerprint density at radius 1 is 1.27 bits per heavy atom. The van der Waals surface area contributed by atoms with E-state index < -0.39 is 0 Å². The van der Waals surface area contributed by atoms with Crippen molar-refractivity contribution in [1.82, 2.24) is 10.3 Å². The van der Waals surface area contributed by atoms with Gasteiger partial charge in [0.2, 0.25) is 5.91 Å². The quantitative estimate of drug-likeness (QED) is 0.908. The minimum absolute atomic E-state index is 0.0423. The minimum Gasteiger partial charge on any atom is -0.344 e. The molecule has 0 bridgehead atoms. The van der Waals surface area contributed by atoms with Gasteiger partial charge in [0.1, 0.15) is 5.71 Å². The molecule has 1 aromatic rings. The van der Waals surface area contributed by atoms with Gasteiger partial charge >= 0.3 is 0 Å². The van der Waals surface area contributed by atoms with E-state index in [9.17, 15) is 9.59 Å². The van der Waals surface area contributed by atoms with Crippen LogP contribution in [0.3, 0.4) is 0 Å². The summed E-state index contributed by atoms with van der Waals surface area (Å²) in [6, 6.07) is 9.90. The Bertz CT molecular complexity index is 567. The predicted octanol–water partition coefficient (Wildman–Crippen LogP) is 2.50. The van der Waals surface area contributed by atoms with Crippen molar-refractivity contribution in [3.63, 3.8) is 0 Å². The molecule has 0 aromatic heterocycles. The van der Waals surface area contributed by atoms with Gasteiger partial charge < -0.3 is 5.32 Å². The van der Waals surface area contributed by atoms with Crippen LogP contribution in [0.25, 0.3) is 0 Å². The van der Waals surface area contributed by atoms with Gasteiger partial charge in [-0.1, -0.05) is 44.2 Å². The molecule has 1 heterocycles. The summed E-state index contributed by atoms with van der Waals surface area (Å²) in [6.07, 6.45) is 1.60. The molecule has 5 nitrogen and oxygen atoms in total. The van der Waals surface area contributed by atoms with Crippen LogP contribution in [-0.2, 0) is 9.59 Å². The van der Waals surface area contributed by atoms with Gasteiger partial charge in [-0.15, -0.1) is 0 Å². The van der Waals surface area contributed by atoms with E-state index in [2.05, 4.69) is 24.3 Å². The van der Waals surface area contributed by atoms with E-state index in [1.165, 1.54) is 5.01 Å². The van der Waals surface area contributed by atoms with Gasteiger partial charge in [0.25, 0.3) is 5.91 Å². The first kappa shape index (κ1) is 16.2. The number of carbonyl (C=O) groups is 2. The van der Waals surface area contributed by atoms with Gasteiger partial charge in [0.05, 0.1) is 6.04 Å². The first-order chi connectivity index (χ1) is 10.5. The van der Waals surface area contributed by atoms with Crippen molar-refractivity contribution in [2.75, 3.05) is 7.05 Å². The van der Waals surface area contributed by atoms with Crippen molar-refractivity contribution in [3.8, 4) is 0 Å². The number of amides is 2. The molecule has 2 rings (SSSR count). The molecule has 0 unspecified atom stereocenters. The van der Waals surface area contributed by atoms with Gasteiger partial charge in [0.15, 0.2) is 0 Å². The van der Waals surface area contributed by atoms with Crippen molar-refractivity contribution in [2.45, 2.75) is 39.2 Å². The first-order valence-electron chi connectivity index (χ1n) is 7.67. The first-order valence-corrected chi connectivity index (χ1v) is 7.67. The molecule has 0 aliphatic carbocycles. The SMILES string of the molecule is CC(C)C[C@H](NC(=O)C1=NN(C)C(=O)CC1)c1ccccc1. The minimum atomic E-state index is -0.186. The van der Waals surface area contributed by atoms with E-state index in [1.54, 1.807) is 7.05 Å². The lowest BCUT2D eigenvalue weighted by molar-refractivity contribution is -0.130. The molecule has 118 valence electrons. The van der Waals surface area contributed by atoms with Crippen LogP contribution in [0.4, 0.5) is 0 Å². The molecule has 1 N–H and O–H groups in total. The van der Waals surface area contributed by atoms with Crippen LogP contribution in [0.15, 0.2) is 35.4 Å². The molecule has 1 aliphatic heterocycles. The number of carbonyl (C=O) groups excluding carboxylic acids is 2. The van der Waals surface area contributed by atoms with E-state index >= 15 is 0 Å². The van der Waals surface area contributed by atoms with Crippen LogP contribution in [0, 0.1) is 5.92 Å². The average molecular weight is 301 g/mol. The van der Waals surface area contributed by atoms with Gasteiger partial charge in [-0.3, -0.25) is 9.59 Å². The standard InChI is InChI=1S/C17H23N3O2/c1-12(2)11-15(13-7-5-4-6-8-13)18-17(22)14-9-10-16(21)20(3)19-14/h4-8,12,15H,9-11H2,1-3H3,(H,18,22)/t15-/m0/s1. The highest BCUT2D eigenvalue weighted by atomic mass is 16.2. The zero-order valence-electron chi connectivity index (χ0n) is 13.4. The predicted molar refractivity (Wildman–Crippen MR) is 86.2 cm³/mol. The molecule has 0 radical (unpaired) electrons. The van der Waals surface area contributed by atoms with Crippen molar-refractivity contribution in [1.29, 1.82) is 0 Å². The van der Waals surface area contributed by atoms with Crippen molar-refractivity contribution >= 4 is 17.5 Å². The third-order valence-electron chi connectivity index (χ3n) is 3.68. The topological polar surface area (TPSA) is 61.8 Å². The monoisotopic (exact) mass is 301 g/mol. The van der Waals surface area contributed by atoms with Gasteiger partial charge in [-0.05, 0) is 17.9 Å². The lowest BCUT2D eigenvalue weighted by Gasteiger charge is -2.24. The van der Waals surface area contributed by atoms with Gasteiger partial charge in [-0.25, -0.2) is 5.01 Å². The zero-order chi connectivity index (χ0) is 16.1. The Kier molecular flexibility index (Phi) is 5.31. The Balaban J connectivity index is 2.12. The van der Waals surface area contributed by atoms with Crippen LogP contribution in [0.2, 0.25) is 0 Å². The number of rotatable bonds is 5. The number of hydrogen-bond acceptors (Lipinski definition) is 3. The Morgan fingerprint density at radius 2 is 1.95 bits per heavy atom. The van der Waals surface area contributed by atoms with Crippen LogP contribution < -0.4 is 5.32 Å². The number of hydrazone groups is 1. The van der Waals surface area contributed by atoms with Crippen molar-refractivity contribution in [3.05, 3.63) is 35.9 Å². The molecule has 1 aliphatic rings. The summed E-state index contributed by atoms with van der Waals surface area (Å²) in [4.78, 5) is 23.9. The van der Waals surface area contributed by atoms with Gasteiger partial charge in [0, 0.05) is 19.9 Å². The highest BCUT2D eigenvalue weighted by Gasteiger charge is 2.24. The summed E-state index contributed by atoms with van der Waals surface area (Å²) in [5, 5.41) is 8.39. The second kappa shape index (κ2) is 7.20. The Morgan fingerprint density at radius 3 is 2.55 bits per heavy atom. The normalized spacial score (nSPS) is 16.5. The third kappa shape index (κ3) is 4.16. The Labute approximate surface area is 131 Å². The van der Waals surface area contributed by atoms with E-state index in [-0.39, 0.29) is 17.9 Å². The Hall–Kier alpha value is -2.17. The van der Waals surface area contributed by atoms with Crippen LogP contribution in [0.1, 0.15) is 44.7 Å². The maximum atomic E-state index is 12.4. The molecular weight excluding hydrogens is 278 g/mol. The maximum absolute atomic E-state index is 12.4. The molecule has 5 heteroatoms. The fourth-order valence-corrected chi connectivity index (χ4v) is 2.51. The molecule has 22 heavy (non-hydrogen) atoms. The van der Waals surface area contributed by atoms with Crippen molar-refractivity contribution < 1.29 is 9.59 Å². The van der Waals surface area contributed by atoms with Crippen molar-refractivity contribution in [2.24, 2.45) is 11.0 Å². The molecule has 1 atom stereocenters. The molecule has 0 spiro atoms. The second-order valence-corrected chi connectivity index (χ2v) is 6.03. The largest absolute Gasteiger partial charge is 0.344 e. The fourth-order valence-electron chi connectivity index (χ4n) is 2.51. The molecule has 1 aromatic carbocycles. The van der Waals surface area contributed by atoms with E-state index in [0.29, 0.717) is 24.5 Å². The lowest BCUT2D eigenvalue weighted by Crippen LogP contribution is -2.39. The van der Waals surface area contributed by atoms with Crippen LogP contribution >= 0.6 is 0 Å². The fraction of sp³-hybridized carbons (Fsp3) is 0.471. The van der Waals surface area contributed by atoms with Gasteiger partial charge in [-0.2, -0.15) is 5.10 Å². The second-order valence-electron chi connectivity index (χ2n) is 6.03. The van der Waals surface area contributed by atoms with E-state index in [4.69, 9.17) is 0 Å². The molecule has 0 saturated heterocycles.